The van der Waals surface area contributed by atoms with Gasteiger partial charge in [0.15, 0.2) is 0 Å². The molecule has 72 valence electrons. The summed E-state index contributed by atoms with van der Waals surface area (Å²) in [6.07, 6.45) is 0. The first kappa shape index (κ1) is 12.5. The van der Waals surface area contributed by atoms with Crippen molar-refractivity contribution in [2.75, 3.05) is 7.11 Å². The van der Waals surface area contributed by atoms with Crippen molar-refractivity contribution in [3.05, 3.63) is 35.4 Å². The summed E-state index contributed by atoms with van der Waals surface area (Å²) in [5, 5.41) is 0.800. The van der Waals surface area contributed by atoms with E-state index < -0.39 is 0 Å². The van der Waals surface area contributed by atoms with Crippen LogP contribution in [-0.4, -0.2) is 13.1 Å². The molecule has 0 amide bonds. The second-order valence-corrected chi connectivity index (χ2v) is 2.88. The fourth-order valence-corrected chi connectivity index (χ4v) is 1.22. The smallest absolute Gasteiger partial charge is 0.337 e. The highest BCUT2D eigenvalue weighted by Gasteiger charge is 2.02. The van der Waals surface area contributed by atoms with Crippen molar-refractivity contribution >= 4 is 34.3 Å². The second-order valence-electron chi connectivity index (χ2n) is 2.32. The minimum Gasteiger partial charge on any atom is -0.465 e. The van der Waals surface area contributed by atoms with Crippen LogP contribution >= 0.6 is 28.3 Å². The molecule has 1 aromatic carbocycles. The van der Waals surface area contributed by atoms with Gasteiger partial charge in [0.2, 0.25) is 0 Å². The van der Waals surface area contributed by atoms with Crippen LogP contribution in [0.25, 0.3) is 0 Å². The SMILES string of the molecule is COC(=O)c1ccc(CBr)cc1.Cl. The molecule has 0 aliphatic carbocycles. The Balaban J connectivity index is 0.00000144. The zero-order chi connectivity index (χ0) is 8.97. The van der Waals surface area contributed by atoms with Gasteiger partial charge >= 0.3 is 5.97 Å². The van der Waals surface area contributed by atoms with Crippen LogP contribution in [-0.2, 0) is 10.1 Å². The lowest BCUT2D eigenvalue weighted by molar-refractivity contribution is 0.0601. The number of hydrogen-bond acceptors (Lipinski definition) is 2. The van der Waals surface area contributed by atoms with E-state index in [1.807, 2.05) is 12.1 Å². The third-order valence-corrected chi connectivity index (χ3v) is 2.18. The molecule has 0 atom stereocenters. The van der Waals surface area contributed by atoms with Gasteiger partial charge in [0, 0.05) is 5.33 Å². The Kier molecular flexibility index (Phi) is 5.75. The van der Waals surface area contributed by atoms with E-state index in [9.17, 15) is 4.79 Å². The lowest BCUT2D eigenvalue weighted by Crippen LogP contribution is -2.00. The summed E-state index contributed by atoms with van der Waals surface area (Å²) in [4.78, 5) is 11.0. The molecule has 0 aliphatic rings. The van der Waals surface area contributed by atoms with Crippen molar-refractivity contribution < 1.29 is 9.53 Å². The maximum absolute atomic E-state index is 11.0. The van der Waals surface area contributed by atoms with Gasteiger partial charge < -0.3 is 4.74 Å². The van der Waals surface area contributed by atoms with Crippen LogP contribution in [0.2, 0.25) is 0 Å². The Hall–Kier alpha value is -0.540. The molecular formula is C9H10BrClO2. The topological polar surface area (TPSA) is 26.3 Å². The average molecular weight is 266 g/mol. The van der Waals surface area contributed by atoms with E-state index in [2.05, 4.69) is 20.7 Å². The van der Waals surface area contributed by atoms with Crippen LogP contribution in [0.3, 0.4) is 0 Å². The zero-order valence-electron chi connectivity index (χ0n) is 7.12. The van der Waals surface area contributed by atoms with E-state index in [0.29, 0.717) is 5.56 Å². The van der Waals surface area contributed by atoms with E-state index in [4.69, 9.17) is 0 Å². The second kappa shape index (κ2) is 6.00. The lowest BCUT2D eigenvalue weighted by atomic mass is 10.1. The minimum absolute atomic E-state index is 0. The van der Waals surface area contributed by atoms with Crippen LogP contribution in [0.1, 0.15) is 15.9 Å². The molecule has 0 aromatic heterocycles. The number of methoxy groups -OCH3 is 1. The van der Waals surface area contributed by atoms with Crippen LogP contribution in [0, 0.1) is 0 Å². The van der Waals surface area contributed by atoms with Gasteiger partial charge in [-0.1, -0.05) is 28.1 Å². The van der Waals surface area contributed by atoms with Gasteiger partial charge in [-0.3, -0.25) is 0 Å². The molecule has 0 N–H and O–H groups in total. The van der Waals surface area contributed by atoms with Crippen LogP contribution < -0.4 is 0 Å². The molecule has 2 nitrogen and oxygen atoms in total. The Morgan fingerprint density at radius 3 is 2.31 bits per heavy atom. The number of rotatable bonds is 2. The van der Waals surface area contributed by atoms with Gasteiger partial charge in [0.25, 0.3) is 0 Å². The van der Waals surface area contributed by atoms with Gasteiger partial charge in [-0.2, -0.15) is 0 Å². The Labute approximate surface area is 91.8 Å². The summed E-state index contributed by atoms with van der Waals surface area (Å²) in [5.74, 6) is -0.295. The van der Waals surface area contributed by atoms with E-state index in [0.717, 1.165) is 10.9 Å². The number of benzene rings is 1. The quantitative estimate of drug-likeness (QED) is 0.607. The fourth-order valence-electron chi connectivity index (χ4n) is 0.848. The summed E-state index contributed by atoms with van der Waals surface area (Å²) in [7, 11) is 1.38. The fraction of sp³-hybridized carbons (Fsp3) is 0.222. The van der Waals surface area contributed by atoms with Gasteiger partial charge in [0.1, 0.15) is 0 Å². The molecule has 0 bridgehead atoms. The molecule has 1 rings (SSSR count). The number of ether oxygens (including phenoxy) is 1. The van der Waals surface area contributed by atoms with E-state index in [1.165, 1.54) is 7.11 Å². The first-order valence-corrected chi connectivity index (χ1v) is 4.63. The number of halogens is 2. The normalized spacial score (nSPS) is 8.77. The van der Waals surface area contributed by atoms with Crippen LogP contribution in [0.5, 0.6) is 0 Å². The van der Waals surface area contributed by atoms with Gasteiger partial charge in [0.05, 0.1) is 12.7 Å². The summed E-state index contributed by atoms with van der Waals surface area (Å²) in [5.41, 5.74) is 1.73. The Morgan fingerprint density at radius 2 is 1.92 bits per heavy atom. The molecule has 0 saturated carbocycles. The average Bonchev–Trinajstić information content (AvgIpc) is 2.17. The standard InChI is InChI=1S/C9H9BrO2.ClH/c1-12-9(11)8-4-2-7(6-10)3-5-8;/h2-5H,6H2,1H3;1H. The number of alkyl halides is 1. The lowest BCUT2D eigenvalue weighted by Gasteiger charge is -1.99. The van der Waals surface area contributed by atoms with Gasteiger partial charge in [-0.15, -0.1) is 12.4 Å². The maximum atomic E-state index is 11.0. The van der Waals surface area contributed by atoms with Crippen molar-refractivity contribution in [1.29, 1.82) is 0 Å². The van der Waals surface area contributed by atoms with Crippen molar-refractivity contribution in [3.8, 4) is 0 Å². The molecule has 0 saturated heterocycles. The van der Waals surface area contributed by atoms with Crippen LogP contribution in [0.4, 0.5) is 0 Å². The van der Waals surface area contributed by atoms with Crippen molar-refractivity contribution in [2.45, 2.75) is 5.33 Å². The number of carbonyl (C=O) groups is 1. The maximum Gasteiger partial charge on any atom is 0.337 e. The first-order chi connectivity index (χ1) is 5.77. The Bertz CT molecular complexity index is 271. The molecule has 1 aromatic rings. The highest BCUT2D eigenvalue weighted by molar-refractivity contribution is 9.08. The molecule has 0 heterocycles. The third kappa shape index (κ3) is 3.36. The van der Waals surface area contributed by atoms with E-state index >= 15 is 0 Å². The zero-order valence-corrected chi connectivity index (χ0v) is 9.52. The van der Waals surface area contributed by atoms with Crippen LogP contribution in [0.15, 0.2) is 24.3 Å². The van der Waals surface area contributed by atoms with Gasteiger partial charge in [-0.25, -0.2) is 4.79 Å². The molecule has 0 radical (unpaired) electrons. The predicted octanol–water partition coefficient (Wildman–Crippen LogP) is 2.79. The first-order valence-electron chi connectivity index (χ1n) is 3.51. The molecular weight excluding hydrogens is 255 g/mol. The molecule has 0 aliphatic heterocycles. The summed E-state index contributed by atoms with van der Waals surface area (Å²) in [6, 6.07) is 7.28. The molecule has 0 unspecified atom stereocenters. The molecule has 4 heteroatoms. The molecule has 13 heavy (non-hydrogen) atoms. The monoisotopic (exact) mass is 264 g/mol. The molecule has 0 spiro atoms. The third-order valence-electron chi connectivity index (χ3n) is 1.53. The Morgan fingerprint density at radius 1 is 1.38 bits per heavy atom. The number of esters is 1. The number of hydrogen-bond donors (Lipinski definition) is 0. The predicted molar refractivity (Wildman–Crippen MR) is 57.7 cm³/mol. The summed E-state index contributed by atoms with van der Waals surface area (Å²) < 4.78 is 4.56. The molecule has 0 fully saturated rings. The highest BCUT2D eigenvalue weighted by atomic mass is 79.9. The number of carbonyl (C=O) groups excluding carboxylic acids is 1. The highest BCUT2D eigenvalue weighted by Crippen LogP contribution is 2.08. The van der Waals surface area contributed by atoms with Crippen molar-refractivity contribution in [2.24, 2.45) is 0 Å². The van der Waals surface area contributed by atoms with E-state index in [-0.39, 0.29) is 18.4 Å². The van der Waals surface area contributed by atoms with Gasteiger partial charge in [-0.05, 0) is 17.7 Å². The summed E-state index contributed by atoms with van der Waals surface area (Å²) in [6.45, 7) is 0. The van der Waals surface area contributed by atoms with Crippen molar-refractivity contribution in [1.82, 2.24) is 0 Å². The van der Waals surface area contributed by atoms with E-state index in [1.54, 1.807) is 12.1 Å². The van der Waals surface area contributed by atoms with Crippen molar-refractivity contribution in [3.63, 3.8) is 0 Å². The largest absolute Gasteiger partial charge is 0.465 e. The summed E-state index contributed by atoms with van der Waals surface area (Å²) >= 11 is 3.32. The minimum atomic E-state index is -0.295.